The predicted octanol–water partition coefficient (Wildman–Crippen LogP) is 4.46. The highest BCUT2D eigenvalue weighted by Gasteiger charge is 2.26. The fourth-order valence-corrected chi connectivity index (χ4v) is 3.33. The van der Waals surface area contributed by atoms with Crippen molar-refractivity contribution in [1.82, 2.24) is 14.5 Å². The monoisotopic (exact) mass is 402 g/mol. The zero-order valence-electron chi connectivity index (χ0n) is 16.6. The summed E-state index contributed by atoms with van der Waals surface area (Å²) >= 11 is 0. The van der Waals surface area contributed by atoms with E-state index in [9.17, 15) is 13.6 Å². The molecule has 0 aliphatic rings. The van der Waals surface area contributed by atoms with Crippen LogP contribution in [0.3, 0.4) is 0 Å². The van der Waals surface area contributed by atoms with Crippen LogP contribution in [0.5, 0.6) is 5.75 Å². The molecular weight excluding hydrogens is 378 g/mol. The van der Waals surface area contributed by atoms with E-state index in [1.165, 1.54) is 0 Å². The van der Waals surface area contributed by atoms with Gasteiger partial charge in [-0.2, -0.15) is 8.78 Å². The maximum absolute atomic E-state index is 13.8. The normalized spacial score (nSPS) is 12.5. The number of rotatable bonds is 8. The van der Waals surface area contributed by atoms with Crippen molar-refractivity contribution in [3.8, 4) is 5.75 Å². The number of carbonyl (C=O) groups excluding carboxylic acids is 1. The number of fused-ring (bicyclic) bond motifs is 1. The number of alkyl halides is 2. The van der Waals surface area contributed by atoms with Gasteiger partial charge in [0, 0.05) is 11.8 Å². The average Bonchev–Trinajstić information content (AvgIpc) is 3.11. The number of halogens is 2. The van der Waals surface area contributed by atoms with Gasteiger partial charge in [0.15, 0.2) is 0 Å². The van der Waals surface area contributed by atoms with Gasteiger partial charge in [-0.25, -0.2) is 4.98 Å². The van der Waals surface area contributed by atoms with Gasteiger partial charge in [0.05, 0.1) is 30.7 Å². The van der Waals surface area contributed by atoms with E-state index >= 15 is 0 Å². The number of carbonyl (C=O) groups is 1. The van der Waals surface area contributed by atoms with Crippen molar-refractivity contribution in [2.75, 3.05) is 25.5 Å². The van der Waals surface area contributed by atoms with E-state index in [1.54, 1.807) is 67.5 Å². The lowest BCUT2D eigenvalue weighted by Gasteiger charge is -2.27. The van der Waals surface area contributed by atoms with Crippen LogP contribution in [0.1, 0.15) is 32.3 Å². The predicted molar refractivity (Wildman–Crippen MR) is 108 cm³/mol. The summed E-state index contributed by atoms with van der Waals surface area (Å²) in [7, 11) is 1.55. The van der Waals surface area contributed by atoms with Gasteiger partial charge in [-0.15, -0.1) is 0 Å². The number of aromatic nitrogens is 2. The third-order valence-corrected chi connectivity index (χ3v) is 4.85. The molecule has 1 amide bonds. The second-order valence-corrected chi connectivity index (χ2v) is 6.63. The maximum Gasteiger partial charge on any atom is 0.320 e. The van der Waals surface area contributed by atoms with E-state index in [2.05, 4.69) is 10.3 Å². The first-order chi connectivity index (χ1) is 13.9. The van der Waals surface area contributed by atoms with Crippen molar-refractivity contribution in [1.29, 1.82) is 0 Å². The minimum absolute atomic E-state index is 0.0430. The van der Waals surface area contributed by atoms with Crippen molar-refractivity contribution in [2.24, 2.45) is 0 Å². The van der Waals surface area contributed by atoms with Gasteiger partial charge in [-0.05, 0) is 37.7 Å². The van der Waals surface area contributed by atoms with Gasteiger partial charge in [-0.3, -0.25) is 14.3 Å². The van der Waals surface area contributed by atoms with Crippen LogP contribution in [0.4, 0.5) is 14.5 Å². The van der Waals surface area contributed by atoms with Crippen LogP contribution in [-0.4, -0.2) is 40.6 Å². The lowest BCUT2D eigenvalue weighted by atomic mass is 10.2. The summed E-state index contributed by atoms with van der Waals surface area (Å²) < 4.78 is 33.6. The standard InChI is InChI=1S/C21H24F2N4O2/c1-4-26(13-19(28)24-15-8-7-9-16(12-15)29-3)14(2)20-25-17-10-5-6-11-18(17)27(20)21(22)23/h5-12,14,21H,4,13H2,1-3H3,(H,24,28). The Kier molecular flexibility index (Phi) is 6.43. The first kappa shape index (κ1) is 20.7. The average molecular weight is 402 g/mol. The van der Waals surface area contributed by atoms with Gasteiger partial charge in [0.25, 0.3) is 0 Å². The lowest BCUT2D eigenvalue weighted by molar-refractivity contribution is -0.117. The molecule has 1 heterocycles. The fourth-order valence-electron chi connectivity index (χ4n) is 3.33. The van der Waals surface area contributed by atoms with Crippen LogP contribution in [0.25, 0.3) is 11.0 Å². The molecule has 6 nitrogen and oxygen atoms in total. The highest BCUT2D eigenvalue weighted by atomic mass is 19.3. The Morgan fingerprint density at radius 1 is 1.24 bits per heavy atom. The number of amides is 1. The van der Waals surface area contributed by atoms with E-state index in [-0.39, 0.29) is 18.3 Å². The van der Waals surface area contributed by atoms with E-state index in [4.69, 9.17) is 4.74 Å². The number of nitrogens with one attached hydrogen (secondary N) is 1. The molecule has 2 aromatic carbocycles. The van der Waals surface area contributed by atoms with Crippen LogP contribution in [0.2, 0.25) is 0 Å². The van der Waals surface area contributed by atoms with Crippen LogP contribution >= 0.6 is 0 Å². The first-order valence-corrected chi connectivity index (χ1v) is 9.37. The van der Waals surface area contributed by atoms with Gasteiger partial charge in [0.2, 0.25) is 5.91 Å². The zero-order valence-corrected chi connectivity index (χ0v) is 16.6. The smallest absolute Gasteiger partial charge is 0.320 e. The molecule has 0 bridgehead atoms. The summed E-state index contributed by atoms with van der Waals surface area (Å²) in [6, 6.07) is 13.4. The highest BCUT2D eigenvalue weighted by Crippen LogP contribution is 2.29. The van der Waals surface area contributed by atoms with E-state index in [1.807, 2.05) is 6.92 Å². The zero-order chi connectivity index (χ0) is 21.0. The van der Waals surface area contributed by atoms with Crippen molar-refractivity contribution in [2.45, 2.75) is 26.4 Å². The van der Waals surface area contributed by atoms with Crippen LogP contribution in [0, 0.1) is 0 Å². The van der Waals surface area contributed by atoms with Gasteiger partial charge in [0.1, 0.15) is 11.6 Å². The number of hydrogen-bond donors (Lipinski definition) is 1. The number of benzene rings is 2. The minimum atomic E-state index is -2.72. The Balaban J connectivity index is 1.80. The number of anilines is 1. The molecule has 29 heavy (non-hydrogen) atoms. The molecule has 0 aliphatic carbocycles. The molecule has 0 radical (unpaired) electrons. The Bertz CT molecular complexity index is 990. The Morgan fingerprint density at radius 2 is 2.00 bits per heavy atom. The molecule has 3 aromatic rings. The van der Waals surface area contributed by atoms with Crippen LogP contribution in [-0.2, 0) is 4.79 Å². The number of methoxy groups -OCH3 is 1. The summed E-state index contributed by atoms with van der Waals surface area (Å²) in [5.41, 5.74) is 1.49. The Labute approximate surface area is 168 Å². The SMILES string of the molecule is CCN(CC(=O)Nc1cccc(OC)c1)C(C)c1nc2ccccc2n1C(F)F. The summed E-state index contributed by atoms with van der Waals surface area (Å²) in [5.74, 6) is 0.623. The molecular formula is C21H24F2N4O2. The molecule has 0 fully saturated rings. The van der Waals surface area contributed by atoms with Gasteiger partial charge < -0.3 is 10.1 Å². The molecule has 8 heteroatoms. The number of likely N-dealkylation sites (N-methyl/N-ethyl adjacent to an activating group) is 1. The number of nitrogens with zero attached hydrogens (tertiary/aromatic N) is 3. The number of imidazole rings is 1. The summed E-state index contributed by atoms with van der Waals surface area (Å²) in [6.45, 7) is 1.48. The largest absolute Gasteiger partial charge is 0.497 e. The number of ether oxygens (including phenoxy) is 1. The molecule has 0 saturated carbocycles. The third kappa shape index (κ3) is 4.54. The van der Waals surface area contributed by atoms with Gasteiger partial charge >= 0.3 is 6.55 Å². The van der Waals surface area contributed by atoms with E-state index in [0.29, 0.717) is 29.0 Å². The second-order valence-electron chi connectivity index (χ2n) is 6.63. The molecule has 0 saturated heterocycles. The molecule has 154 valence electrons. The quantitative estimate of drug-likeness (QED) is 0.604. The molecule has 1 aromatic heterocycles. The summed E-state index contributed by atoms with van der Waals surface area (Å²) in [5, 5.41) is 2.82. The van der Waals surface area contributed by atoms with Crippen molar-refractivity contribution in [3.63, 3.8) is 0 Å². The molecule has 1 N–H and O–H groups in total. The lowest BCUT2D eigenvalue weighted by Crippen LogP contribution is -2.36. The van der Waals surface area contributed by atoms with E-state index in [0.717, 1.165) is 4.57 Å². The molecule has 0 aliphatic heterocycles. The van der Waals surface area contributed by atoms with E-state index < -0.39 is 12.6 Å². The van der Waals surface area contributed by atoms with Gasteiger partial charge in [-0.1, -0.05) is 25.1 Å². The highest BCUT2D eigenvalue weighted by molar-refractivity contribution is 5.92. The molecule has 1 atom stereocenters. The topological polar surface area (TPSA) is 59.4 Å². The maximum atomic E-state index is 13.8. The van der Waals surface area contributed by atoms with Crippen LogP contribution < -0.4 is 10.1 Å². The summed E-state index contributed by atoms with van der Waals surface area (Å²) in [4.78, 5) is 18.8. The molecule has 1 unspecified atom stereocenters. The Morgan fingerprint density at radius 3 is 2.69 bits per heavy atom. The second kappa shape index (κ2) is 9.00. The minimum Gasteiger partial charge on any atom is -0.497 e. The number of para-hydroxylation sites is 2. The summed E-state index contributed by atoms with van der Waals surface area (Å²) in [6.07, 6.45) is 0. The van der Waals surface area contributed by atoms with Crippen molar-refractivity contribution >= 4 is 22.6 Å². The first-order valence-electron chi connectivity index (χ1n) is 9.37. The number of hydrogen-bond acceptors (Lipinski definition) is 4. The van der Waals surface area contributed by atoms with Crippen LogP contribution in [0.15, 0.2) is 48.5 Å². The Hall–Kier alpha value is -3.00. The van der Waals surface area contributed by atoms with Crippen molar-refractivity contribution < 1.29 is 18.3 Å². The third-order valence-electron chi connectivity index (χ3n) is 4.85. The molecule has 3 rings (SSSR count). The fraction of sp³-hybridized carbons (Fsp3) is 0.333. The van der Waals surface area contributed by atoms with Crippen molar-refractivity contribution in [3.05, 3.63) is 54.4 Å². The molecule has 0 spiro atoms.